The average Bonchev–Trinajstić information content (AvgIpc) is 2.51. The van der Waals surface area contributed by atoms with Gasteiger partial charge in [0, 0.05) is 18.5 Å². The first-order valence-electron chi connectivity index (χ1n) is 4.52. The lowest BCUT2D eigenvalue weighted by molar-refractivity contribution is -0.121. The predicted molar refractivity (Wildman–Crippen MR) is 51.3 cm³/mol. The number of hydrogen-bond acceptors (Lipinski definition) is 4. The first-order valence-corrected chi connectivity index (χ1v) is 4.52. The molecular formula is C9H15N3O2. The van der Waals surface area contributed by atoms with E-state index in [1.807, 2.05) is 13.0 Å². The van der Waals surface area contributed by atoms with Crippen molar-refractivity contribution in [3.8, 4) is 0 Å². The Kier molecular flexibility index (Phi) is 3.64. The first kappa shape index (κ1) is 10.7. The van der Waals surface area contributed by atoms with Crippen molar-refractivity contribution in [1.82, 2.24) is 10.5 Å². The lowest BCUT2D eigenvalue weighted by Crippen LogP contribution is -2.30. The van der Waals surface area contributed by atoms with Crippen LogP contribution in [0.25, 0.3) is 0 Å². The highest BCUT2D eigenvalue weighted by atomic mass is 16.5. The highest BCUT2D eigenvalue weighted by molar-refractivity contribution is 5.76. The molecule has 5 nitrogen and oxygen atoms in total. The van der Waals surface area contributed by atoms with Crippen molar-refractivity contribution in [3.05, 3.63) is 17.5 Å². The normalized spacial score (nSPS) is 12.7. The van der Waals surface area contributed by atoms with Crippen molar-refractivity contribution in [2.75, 3.05) is 6.54 Å². The van der Waals surface area contributed by atoms with Crippen LogP contribution in [0.3, 0.4) is 0 Å². The fourth-order valence-electron chi connectivity index (χ4n) is 1.01. The summed E-state index contributed by atoms with van der Waals surface area (Å²) < 4.78 is 4.98. The Morgan fingerprint density at radius 2 is 2.50 bits per heavy atom. The molecule has 1 rings (SSSR count). The molecule has 1 atom stereocenters. The fourth-order valence-corrected chi connectivity index (χ4v) is 1.01. The van der Waals surface area contributed by atoms with Crippen molar-refractivity contribution < 1.29 is 9.32 Å². The molecule has 0 aliphatic carbocycles. The molecule has 0 radical (unpaired) electrons. The topological polar surface area (TPSA) is 81.1 Å². The first-order chi connectivity index (χ1) is 6.59. The van der Waals surface area contributed by atoms with Crippen molar-refractivity contribution in [2.45, 2.75) is 20.4 Å². The van der Waals surface area contributed by atoms with Crippen molar-refractivity contribution in [1.29, 1.82) is 0 Å². The molecule has 0 bridgehead atoms. The number of aryl methyl sites for hydroxylation is 1. The van der Waals surface area contributed by atoms with Crippen LogP contribution in [0, 0.1) is 12.8 Å². The zero-order chi connectivity index (χ0) is 10.6. The van der Waals surface area contributed by atoms with E-state index in [0.29, 0.717) is 13.1 Å². The van der Waals surface area contributed by atoms with Crippen LogP contribution in [0.2, 0.25) is 0 Å². The molecule has 78 valence electrons. The molecule has 0 saturated carbocycles. The number of hydrogen-bond donors (Lipinski definition) is 2. The number of aromatic nitrogens is 1. The van der Waals surface area contributed by atoms with Gasteiger partial charge in [0.05, 0.1) is 12.2 Å². The van der Waals surface area contributed by atoms with Crippen molar-refractivity contribution >= 4 is 5.91 Å². The second-order valence-corrected chi connectivity index (χ2v) is 3.37. The number of nitrogens with zero attached hydrogens (tertiary/aromatic N) is 1. The van der Waals surface area contributed by atoms with E-state index < -0.39 is 0 Å². The molecule has 0 aromatic carbocycles. The summed E-state index contributed by atoms with van der Waals surface area (Å²) in [7, 11) is 0. The van der Waals surface area contributed by atoms with Crippen LogP contribution in [-0.4, -0.2) is 17.6 Å². The number of nitrogens with one attached hydrogen (secondary N) is 1. The maximum absolute atomic E-state index is 10.7. The Labute approximate surface area is 82.6 Å². The average molecular weight is 197 g/mol. The standard InChI is InChI=1S/C9H15N3O2/c1-6(9(10)13)4-11-5-8-3-7(2)12-14-8/h3,6,11H,4-5H2,1-2H3,(H2,10,13). The SMILES string of the molecule is Cc1cc(CNCC(C)C(N)=O)on1. The van der Waals surface area contributed by atoms with Gasteiger partial charge in [-0.3, -0.25) is 4.79 Å². The van der Waals surface area contributed by atoms with Crippen LogP contribution in [0.15, 0.2) is 10.6 Å². The number of amides is 1. The number of carbonyl (C=O) groups is 1. The molecule has 0 aliphatic rings. The van der Waals surface area contributed by atoms with Gasteiger partial charge in [0.15, 0.2) is 5.76 Å². The van der Waals surface area contributed by atoms with E-state index in [0.717, 1.165) is 11.5 Å². The summed E-state index contributed by atoms with van der Waals surface area (Å²) in [6.07, 6.45) is 0. The third-order valence-corrected chi connectivity index (χ3v) is 1.91. The Hall–Kier alpha value is -1.36. The molecule has 1 aromatic rings. The van der Waals surface area contributed by atoms with Gasteiger partial charge in [-0.05, 0) is 6.92 Å². The van der Waals surface area contributed by atoms with E-state index in [-0.39, 0.29) is 11.8 Å². The molecule has 1 amide bonds. The third kappa shape index (κ3) is 3.18. The Morgan fingerprint density at radius 3 is 3.00 bits per heavy atom. The summed E-state index contributed by atoms with van der Waals surface area (Å²) in [5.41, 5.74) is 5.96. The smallest absolute Gasteiger partial charge is 0.221 e. The van der Waals surface area contributed by atoms with Crippen LogP contribution in [-0.2, 0) is 11.3 Å². The van der Waals surface area contributed by atoms with E-state index in [1.165, 1.54) is 0 Å². The van der Waals surface area contributed by atoms with Crippen LogP contribution in [0.1, 0.15) is 18.4 Å². The number of primary amides is 1. The van der Waals surface area contributed by atoms with Crippen molar-refractivity contribution in [3.63, 3.8) is 0 Å². The highest BCUT2D eigenvalue weighted by Crippen LogP contribution is 2.01. The Balaban J connectivity index is 2.25. The molecule has 0 aliphatic heterocycles. The molecular weight excluding hydrogens is 182 g/mol. The van der Waals surface area contributed by atoms with Crippen LogP contribution < -0.4 is 11.1 Å². The van der Waals surface area contributed by atoms with Gasteiger partial charge in [-0.2, -0.15) is 0 Å². The molecule has 1 aromatic heterocycles. The van der Waals surface area contributed by atoms with E-state index in [9.17, 15) is 4.79 Å². The van der Waals surface area contributed by atoms with E-state index >= 15 is 0 Å². The minimum atomic E-state index is -0.300. The quantitative estimate of drug-likeness (QED) is 0.706. The molecule has 0 fully saturated rings. The van der Waals surface area contributed by atoms with Crippen LogP contribution in [0.4, 0.5) is 0 Å². The Bertz CT molecular complexity index is 309. The van der Waals surface area contributed by atoms with Gasteiger partial charge in [0.1, 0.15) is 0 Å². The molecule has 1 unspecified atom stereocenters. The highest BCUT2D eigenvalue weighted by Gasteiger charge is 2.08. The van der Waals surface area contributed by atoms with E-state index in [4.69, 9.17) is 10.3 Å². The molecule has 0 spiro atoms. The summed E-state index contributed by atoms with van der Waals surface area (Å²) in [5.74, 6) is 0.296. The van der Waals surface area contributed by atoms with Gasteiger partial charge < -0.3 is 15.6 Å². The minimum absolute atomic E-state index is 0.168. The summed E-state index contributed by atoms with van der Waals surface area (Å²) in [6, 6.07) is 1.85. The van der Waals surface area contributed by atoms with Gasteiger partial charge in [0.25, 0.3) is 0 Å². The lowest BCUT2D eigenvalue weighted by Gasteiger charge is -2.06. The van der Waals surface area contributed by atoms with E-state index in [2.05, 4.69) is 10.5 Å². The predicted octanol–water partition coefficient (Wildman–Crippen LogP) is 0.194. The summed E-state index contributed by atoms with van der Waals surface area (Å²) >= 11 is 0. The summed E-state index contributed by atoms with van der Waals surface area (Å²) in [6.45, 7) is 4.76. The van der Waals surface area contributed by atoms with Gasteiger partial charge in [-0.25, -0.2) is 0 Å². The largest absolute Gasteiger partial charge is 0.369 e. The number of nitrogens with two attached hydrogens (primary N) is 1. The Morgan fingerprint density at radius 1 is 1.79 bits per heavy atom. The number of carbonyl (C=O) groups excluding carboxylic acids is 1. The van der Waals surface area contributed by atoms with Gasteiger partial charge in [0.2, 0.25) is 5.91 Å². The summed E-state index contributed by atoms with van der Waals surface area (Å²) in [5, 5.41) is 6.80. The van der Waals surface area contributed by atoms with E-state index in [1.54, 1.807) is 6.92 Å². The maximum Gasteiger partial charge on any atom is 0.221 e. The summed E-state index contributed by atoms with van der Waals surface area (Å²) in [4.78, 5) is 10.7. The molecule has 14 heavy (non-hydrogen) atoms. The number of rotatable bonds is 5. The zero-order valence-corrected chi connectivity index (χ0v) is 8.41. The second kappa shape index (κ2) is 4.76. The van der Waals surface area contributed by atoms with Crippen LogP contribution in [0.5, 0.6) is 0 Å². The fraction of sp³-hybridized carbons (Fsp3) is 0.556. The molecule has 1 heterocycles. The molecule has 3 N–H and O–H groups in total. The minimum Gasteiger partial charge on any atom is -0.369 e. The van der Waals surface area contributed by atoms with Crippen LogP contribution >= 0.6 is 0 Å². The van der Waals surface area contributed by atoms with Gasteiger partial charge >= 0.3 is 0 Å². The van der Waals surface area contributed by atoms with Crippen molar-refractivity contribution in [2.24, 2.45) is 11.7 Å². The lowest BCUT2D eigenvalue weighted by atomic mass is 10.2. The second-order valence-electron chi connectivity index (χ2n) is 3.37. The zero-order valence-electron chi connectivity index (χ0n) is 8.41. The molecule has 0 saturated heterocycles. The van der Waals surface area contributed by atoms with Gasteiger partial charge in [-0.15, -0.1) is 0 Å². The monoisotopic (exact) mass is 197 g/mol. The molecule has 5 heteroatoms. The van der Waals surface area contributed by atoms with Gasteiger partial charge in [-0.1, -0.05) is 12.1 Å². The maximum atomic E-state index is 10.7. The third-order valence-electron chi connectivity index (χ3n) is 1.91.